The van der Waals surface area contributed by atoms with Crippen molar-refractivity contribution in [1.29, 1.82) is 0 Å². The number of rotatable bonds is 7. The van der Waals surface area contributed by atoms with E-state index < -0.39 is 8.38 Å². The highest BCUT2D eigenvalue weighted by Crippen LogP contribution is 2.38. The molecule has 1 unspecified atom stereocenters. The molecule has 1 atom stereocenters. The van der Waals surface area contributed by atoms with Crippen LogP contribution >= 0.6 is 8.38 Å². The minimum Gasteiger partial charge on any atom is -0.444 e. The minimum absolute atomic E-state index is 0.740. The van der Waals surface area contributed by atoms with Gasteiger partial charge in [-0.15, -0.1) is 0 Å². The highest BCUT2D eigenvalue weighted by Gasteiger charge is 2.15. The van der Waals surface area contributed by atoms with Gasteiger partial charge in [-0.2, -0.15) is 0 Å². The molecular weight excluding hydrogens is 255 g/mol. The Morgan fingerprint density at radius 1 is 0.895 bits per heavy atom. The van der Waals surface area contributed by atoms with E-state index in [2.05, 4.69) is 19.1 Å². The molecule has 0 N–H and O–H groups in total. The van der Waals surface area contributed by atoms with Crippen LogP contribution in [-0.4, -0.2) is 6.61 Å². The summed E-state index contributed by atoms with van der Waals surface area (Å²) in [4.78, 5) is 0. The third-order valence-electron chi connectivity index (χ3n) is 2.60. The third kappa shape index (κ3) is 4.66. The Morgan fingerprint density at radius 3 is 2.16 bits per heavy atom. The highest BCUT2D eigenvalue weighted by molar-refractivity contribution is 7.56. The van der Waals surface area contributed by atoms with Crippen LogP contribution in [0.3, 0.4) is 0 Å². The molecule has 0 aromatic heterocycles. The SMILES string of the molecule is CCCCOP(Oc1ccccc1)c1ccccc1. The van der Waals surface area contributed by atoms with E-state index in [4.69, 9.17) is 9.05 Å². The van der Waals surface area contributed by atoms with Crippen LogP contribution in [-0.2, 0) is 4.52 Å². The van der Waals surface area contributed by atoms with E-state index in [1.165, 1.54) is 0 Å². The second kappa shape index (κ2) is 7.93. The Bertz CT molecular complexity index is 459. The van der Waals surface area contributed by atoms with Gasteiger partial charge in [0.25, 0.3) is 8.38 Å². The summed E-state index contributed by atoms with van der Waals surface area (Å²) in [5.41, 5.74) is 0. The van der Waals surface area contributed by atoms with Crippen molar-refractivity contribution >= 4 is 13.7 Å². The number of para-hydroxylation sites is 1. The first kappa shape index (κ1) is 14.0. The van der Waals surface area contributed by atoms with E-state index in [0.29, 0.717) is 0 Å². The number of unbranched alkanes of at least 4 members (excludes halogenated alkanes) is 1. The molecule has 2 aromatic carbocycles. The van der Waals surface area contributed by atoms with Gasteiger partial charge in [0, 0.05) is 5.30 Å². The first-order chi connectivity index (χ1) is 9.40. The zero-order valence-electron chi connectivity index (χ0n) is 11.2. The average Bonchev–Trinajstić information content (AvgIpc) is 2.48. The molecule has 0 aliphatic carbocycles. The topological polar surface area (TPSA) is 18.5 Å². The first-order valence-corrected chi connectivity index (χ1v) is 7.79. The molecule has 2 aromatic rings. The Morgan fingerprint density at radius 2 is 1.53 bits per heavy atom. The fourth-order valence-corrected chi connectivity index (χ4v) is 2.90. The van der Waals surface area contributed by atoms with Gasteiger partial charge in [-0.25, -0.2) is 0 Å². The van der Waals surface area contributed by atoms with Crippen molar-refractivity contribution in [1.82, 2.24) is 0 Å². The number of hydrogen-bond acceptors (Lipinski definition) is 2. The van der Waals surface area contributed by atoms with Crippen LogP contribution in [0.2, 0.25) is 0 Å². The summed E-state index contributed by atoms with van der Waals surface area (Å²) in [5, 5.41) is 1.11. The second-order valence-corrected chi connectivity index (χ2v) is 5.66. The maximum Gasteiger partial charge on any atom is 0.265 e. The summed E-state index contributed by atoms with van der Waals surface area (Å²) in [6.07, 6.45) is 2.19. The van der Waals surface area contributed by atoms with E-state index in [9.17, 15) is 0 Å². The van der Waals surface area contributed by atoms with Crippen molar-refractivity contribution in [3.8, 4) is 5.75 Å². The minimum atomic E-state index is -1.04. The smallest absolute Gasteiger partial charge is 0.265 e. The molecule has 0 radical (unpaired) electrons. The van der Waals surface area contributed by atoms with Crippen LogP contribution < -0.4 is 9.83 Å². The molecule has 0 bridgehead atoms. The van der Waals surface area contributed by atoms with Gasteiger partial charge in [-0.3, -0.25) is 0 Å². The Kier molecular flexibility index (Phi) is 5.87. The van der Waals surface area contributed by atoms with E-state index in [1.807, 2.05) is 48.5 Å². The Balaban J connectivity index is 2.06. The molecule has 0 aliphatic heterocycles. The molecule has 0 fully saturated rings. The lowest BCUT2D eigenvalue weighted by Crippen LogP contribution is -2.08. The lowest BCUT2D eigenvalue weighted by Gasteiger charge is -2.18. The number of benzene rings is 2. The molecular formula is C16H19O2P. The lowest BCUT2D eigenvalue weighted by atomic mass is 10.3. The van der Waals surface area contributed by atoms with Crippen molar-refractivity contribution in [2.24, 2.45) is 0 Å². The van der Waals surface area contributed by atoms with Crippen molar-refractivity contribution in [3.63, 3.8) is 0 Å². The van der Waals surface area contributed by atoms with Crippen LogP contribution in [0.25, 0.3) is 0 Å². The van der Waals surface area contributed by atoms with Crippen LogP contribution in [0.1, 0.15) is 19.8 Å². The van der Waals surface area contributed by atoms with Gasteiger partial charge in [0.05, 0.1) is 6.61 Å². The van der Waals surface area contributed by atoms with Crippen LogP contribution in [0.15, 0.2) is 60.7 Å². The van der Waals surface area contributed by atoms with E-state index in [0.717, 1.165) is 30.5 Å². The fraction of sp³-hybridized carbons (Fsp3) is 0.250. The standard InChI is InChI=1S/C16H19O2P/c1-2-3-14-17-19(16-12-8-5-9-13-16)18-15-10-6-4-7-11-15/h4-13H,2-3,14H2,1H3. The Hall–Kier alpha value is -1.37. The van der Waals surface area contributed by atoms with Gasteiger partial charge in [0.1, 0.15) is 5.75 Å². The normalized spacial score (nSPS) is 12.1. The predicted octanol–water partition coefficient (Wildman–Crippen LogP) is 4.52. The molecule has 100 valence electrons. The second-order valence-electron chi connectivity index (χ2n) is 4.18. The summed E-state index contributed by atoms with van der Waals surface area (Å²) < 4.78 is 11.9. The average molecular weight is 274 g/mol. The van der Waals surface area contributed by atoms with Gasteiger partial charge >= 0.3 is 0 Å². The van der Waals surface area contributed by atoms with Crippen molar-refractivity contribution < 1.29 is 9.05 Å². The van der Waals surface area contributed by atoms with E-state index in [-0.39, 0.29) is 0 Å². The van der Waals surface area contributed by atoms with Gasteiger partial charge in [-0.05, 0) is 30.7 Å². The molecule has 2 nitrogen and oxygen atoms in total. The molecule has 0 saturated carbocycles. The number of hydrogen-bond donors (Lipinski definition) is 0. The fourth-order valence-electron chi connectivity index (χ4n) is 1.57. The summed E-state index contributed by atoms with van der Waals surface area (Å²) in [6.45, 7) is 2.90. The summed E-state index contributed by atoms with van der Waals surface area (Å²) >= 11 is 0. The van der Waals surface area contributed by atoms with Gasteiger partial charge in [-0.1, -0.05) is 49.7 Å². The third-order valence-corrected chi connectivity index (χ3v) is 4.12. The molecule has 3 heteroatoms. The lowest BCUT2D eigenvalue weighted by molar-refractivity contribution is 0.313. The van der Waals surface area contributed by atoms with E-state index in [1.54, 1.807) is 0 Å². The van der Waals surface area contributed by atoms with E-state index >= 15 is 0 Å². The first-order valence-electron chi connectivity index (χ1n) is 6.61. The molecule has 0 aliphatic rings. The molecule has 0 spiro atoms. The maximum absolute atomic E-state index is 5.99. The molecule has 19 heavy (non-hydrogen) atoms. The zero-order valence-corrected chi connectivity index (χ0v) is 12.1. The summed E-state index contributed by atoms with van der Waals surface area (Å²) in [6, 6.07) is 20.0. The quantitative estimate of drug-likeness (QED) is 0.546. The van der Waals surface area contributed by atoms with Crippen molar-refractivity contribution in [2.45, 2.75) is 19.8 Å². The predicted molar refractivity (Wildman–Crippen MR) is 80.9 cm³/mol. The van der Waals surface area contributed by atoms with Gasteiger partial charge in [0.15, 0.2) is 0 Å². The highest BCUT2D eigenvalue weighted by atomic mass is 31.2. The largest absolute Gasteiger partial charge is 0.444 e. The monoisotopic (exact) mass is 274 g/mol. The van der Waals surface area contributed by atoms with Crippen LogP contribution in [0.4, 0.5) is 0 Å². The van der Waals surface area contributed by atoms with Crippen LogP contribution in [0, 0.1) is 0 Å². The van der Waals surface area contributed by atoms with Gasteiger partial charge < -0.3 is 9.05 Å². The summed E-state index contributed by atoms with van der Waals surface area (Å²) in [5.74, 6) is 0.856. The van der Waals surface area contributed by atoms with Crippen molar-refractivity contribution in [2.75, 3.05) is 6.61 Å². The molecule has 2 rings (SSSR count). The molecule has 0 heterocycles. The van der Waals surface area contributed by atoms with Crippen molar-refractivity contribution in [3.05, 3.63) is 60.7 Å². The molecule has 0 amide bonds. The summed E-state index contributed by atoms with van der Waals surface area (Å²) in [7, 11) is -1.04. The molecule has 0 saturated heterocycles. The Labute approximate surface area is 116 Å². The van der Waals surface area contributed by atoms with Crippen LogP contribution in [0.5, 0.6) is 5.75 Å². The zero-order chi connectivity index (χ0) is 13.3. The maximum atomic E-state index is 5.99. The van der Waals surface area contributed by atoms with Gasteiger partial charge in [0.2, 0.25) is 0 Å².